The van der Waals surface area contributed by atoms with E-state index in [2.05, 4.69) is 15.3 Å². The van der Waals surface area contributed by atoms with Crippen molar-refractivity contribution in [2.45, 2.75) is 18.9 Å². The summed E-state index contributed by atoms with van der Waals surface area (Å²) in [5.41, 5.74) is 3.41. The van der Waals surface area contributed by atoms with Crippen LogP contribution in [0.5, 0.6) is 0 Å². The van der Waals surface area contributed by atoms with E-state index in [9.17, 15) is 4.79 Å². The van der Waals surface area contributed by atoms with Gasteiger partial charge < -0.3 is 19.4 Å². The number of rotatable bonds is 6. The number of likely N-dealkylation sites (tertiary alicyclic amines) is 1. The molecule has 1 saturated heterocycles. The summed E-state index contributed by atoms with van der Waals surface area (Å²) in [5, 5.41) is 17.0. The second-order valence-corrected chi connectivity index (χ2v) is 6.96. The van der Waals surface area contributed by atoms with Crippen molar-refractivity contribution in [1.29, 1.82) is 0 Å². The topological polar surface area (TPSA) is 101 Å². The number of amides is 1. The molecule has 0 spiro atoms. The van der Waals surface area contributed by atoms with E-state index >= 15 is 0 Å². The Labute approximate surface area is 173 Å². The first kappa shape index (κ1) is 19.8. The van der Waals surface area contributed by atoms with E-state index in [0.717, 1.165) is 16.8 Å². The van der Waals surface area contributed by atoms with Gasteiger partial charge in [0.2, 0.25) is 5.89 Å². The Morgan fingerprint density at radius 1 is 1.20 bits per heavy atom. The molecule has 0 radical (unpaired) electrons. The van der Waals surface area contributed by atoms with Gasteiger partial charge >= 0.3 is 0 Å². The third-order valence-corrected chi connectivity index (χ3v) is 4.98. The molecule has 1 N–H and O–H groups in total. The molecule has 154 valence electrons. The molecule has 0 bridgehead atoms. The molecule has 1 fully saturated rings. The summed E-state index contributed by atoms with van der Waals surface area (Å²) in [5.74, 6) is 0.584. The van der Waals surface area contributed by atoms with Crippen molar-refractivity contribution in [1.82, 2.24) is 15.0 Å². The standard InChI is InChI=1S/C22H22N4O4/c1-29-24-18-13-19(21-23-20(11-12-27)25-30-21)26(14-18)22(28)17-9-7-16(8-10-17)15-5-3-2-4-6-15/h2-10,19,27H,11-14H2,1H3/b24-18-/t19-/m0/s1. The van der Waals surface area contributed by atoms with Crippen molar-refractivity contribution < 1.29 is 19.3 Å². The van der Waals surface area contributed by atoms with E-state index in [1.807, 2.05) is 54.6 Å². The van der Waals surface area contributed by atoms with Gasteiger partial charge in [-0.1, -0.05) is 52.8 Å². The van der Waals surface area contributed by atoms with Crippen LogP contribution in [-0.2, 0) is 11.3 Å². The molecule has 0 aliphatic carbocycles. The second kappa shape index (κ2) is 8.87. The van der Waals surface area contributed by atoms with Crippen LogP contribution in [0, 0.1) is 0 Å². The normalized spacial score (nSPS) is 17.5. The van der Waals surface area contributed by atoms with Crippen molar-refractivity contribution in [3.8, 4) is 11.1 Å². The number of hydrogen-bond acceptors (Lipinski definition) is 7. The largest absolute Gasteiger partial charge is 0.399 e. The van der Waals surface area contributed by atoms with Crippen molar-refractivity contribution in [2.24, 2.45) is 5.16 Å². The fraction of sp³-hybridized carbons (Fsp3) is 0.273. The Balaban J connectivity index is 1.59. The Bertz CT molecular complexity index is 1030. The Morgan fingerprint density at radius 2 is 1.93 bits per heavy atom. The number of aliphatic hydroxyl groups excluding tert-OH is 1. The molecule has 1 atom stereocenters. The quantitative estimate of drug-likeness (QED) is 0.632. The first-order chi connectivity index (χ1) is 14.7. The first-order valence-corrected chi connectivity index (χ1v) is 9.68. The summed E-state index contributed by atoms with van der Waals surface area (Å²) in [6.07, 6.45) is 0.743. The maximum absolute atomic E-state index is 13.3. The number of oxime groups is 1. The van der Waals surface area contributed by atoms with Gasteiger partial charge in [0.05, 0.1) is 18.9 Å². The summed E-state index contributed by atoms with van der Waals surface area (Å²) < 4.78 is 5.36. The molecule has 1 aliphatic heterocycles. The van der Waals surface area contributed by atoms with Gasteiger partial charge in [0.25, 0.3) is 5.91 Å². The Kier molecular flexibility index (Phi) is 5.85. The lowest BCUT2D eigenvalue weighted by atomic mass is 10.0. The van der Waals surface area contributed by atoms with Crippen LogP contribution in [0.2, 0.25) is 0 Å². The highest BCUT2D eigenvalue weighted by Crippen LogP contribution is 2.32. The molecular weight excluding hydrogens is 384 g/mol. The van der Waals surface area contributed by atoms with E-state index in [0.29, 0.717) is 36.7 Å². The number of benzene rings is 2. The number of aromatic nitrogens is 2. The summed E-state index contributed by atoms with van der Waals surface area (Å²) in [4.78, 5) is 24.2. The monoisotopic (exact) mass is 406 g/mol. The fourth-order valence-electron chi connectivity index (χ4n) is 3.54. The van der Waals surface area contributed by atoms with Gasteiger partial charge in [-0.15, -0.1) is 0 Å². The van der Waals surface area contributed by atoms with E-state index in [1.54, 1.807) is 4.90 Å². The summed E-state index contributed by atoms with van der Waals surface area (Å²) in [7, 11) is 1.47. The van der Waals surface area contributed by atoms with Gasteiger partial charge in [-0.2, -0.15) is 4.98 Å². The molecule has 4 rings (SSSR count). The minimum Gasteiger partial charge on any atom is -0.399 e. The van der Waals surface area contributed by atoms with Crippen molar-refractivity contribution in [2.75, 3.05) is 20.3 Å². The highest BCUT2D eigenvalue weighted by molar-refractivity contribution is 6.00. The third kappa shape index (κ3) is 4.08. The Hall–Kier alpha value is -3.52. The number of carbonyl (C=O) groups excluding carboxylic acids is 1. The predicted molar refractivity (Wildman–Crippen MR) is 110 cm³/mol. The van der Waals surface area contributed by atoms with Crippen LogP contribution in [-0.4, -0.2) is 52.0 Å². The lowest BCUT2D eigenvalue weighted by Gasteiger charge is -2.21. The Morgan fingerprint density at radius 3 is 2.63 bits per heavy atom. The van der Waals surface area contributed by atoms with Crippen molar-refractivity contribution in [3.05, 3.63) is 71.9 Å². The van der Waals surface area contributed by atoms with Crippen molar-refractivity contribution >= 4 is 11.6 Å². The van der Waals surface area contributed by atoms with Gasteiger partial charge in [0, 0.05) is 18.4 Å². The predicted octanol–water partition coefficient (Wildman–Crippen LogP) is 2.86. The molecule has 1 aromatic heterocycles. The van der Waals surface area contributed by atoms with Crippen LogP contribution in [0.3, 0.4) is 0 Å². The van der Waals surface area contributed by atoms with Gasteiger partial charge in [-0.25, -0.2) is 0 Å². The molecule has 8 nitrogen and oxygen atoms in total. The average Bonchev–Trinajstić information content (AvgIpc) is 3.42. The minimum atomic E-state index is -0.430. The highest BCUT2D eigenvalue weighted by atomic mass is 16.6. The fourth-order valence-corrected chi connectivity index (χ4v) is 3.54. The van der Waals surface area contributed by atoms with Gasteiger partial charge in [-0.05, 0) is 23.3 Å². The smallest absolute Gasteiger partial charge is 0.254 e. The molecule has 0 saturated carbocycles. The molecule has 30 heavy (non-hydrogen) atoms. The van der Waals surface area contributed by atoms with Crippen molar-refractivity contribution in [3.63, 3.8) is 0 Å². The van der Waals surface area contributed by atoms with E-state index in [-0.39, 0.29) is 12.5 Å². The number of carbonyl (C=O) groups is 1. The minimum absolute atomic E-state index is 0.0730. The van der Waals surface area contributed by atoms with Crippen LogP contribution >= 0.6 is 0 Å². The molecule has 2 heterocycles. The molecule has 2 aromatic carbocycles. The van der Waals surface area contributed by atoms with E-state index in [1.165, 1.54) is 7.11 Å². The van der Waals surface area contributed by atoms with E-state index in [4.69, 9.17) is 14.5 Å². The summed E-state index contributed by atoms with van der Waals surface area (Å²) in [6, 6.07) is 17.1. The summed E-state index contributed by atoms with van der Waals surface area (Å²) in [6.45, 7) is 0.242. The molecule has 1 aliphatic rings. The molecule has 3 aromatic rings. The number of hydrogen-bond donors (Lipinski definition) is 1. The van der Waals surface area contributed by atoms with Crippen LogP contribution < -0.4 is 0 Å². The third-order valence-electron chi connectivity index (χ3n) is 4.98. The zero-order valence-electron chi connectivity index (χ0n) is 16.6. The molecule has 1 amide bonds. The van der Waals surface area contributed by atoms with Gasteiger partial charge in [-0.3, -0.25) is 4.79 Å². The van der Waals surface area contributed by atoms with Crippen LogP contribution in [0.1, 0.15) is 34.5 Å². The number of aliphatic hydroxyl groups is 1. The first-order valence-electron chi connectivity index (χ1n) is 9.68. The molecule has 8 heteroatoms. The highest BCUT2D eigenvalue weighted by Gasteiger charge is 2.38. The zero-order chi connectivity index (χ0) is 20.9. The van der Waals surface area contributed by atoms with Crippen LogP contribution in [0.15, 0.2) is 64.3 Å². The maximum Gasteiger partial charge on any atom is 0.254 e. The summed E-state index contributed by atoms with van der Waals surface area (Å²) >= 11 is 0. The van der Waals surface area contributed by atoms with E-state index < -0.39 is 6.04 Å². The zero-order valence-corrected chi connectivity index (χ0v) is 16.6. The lowest BCUT2D eigenvalue weighted by Crippen LogP contribution is -2.31. The maximum atomic E-state index is 13.3. The SMILES string of the molecule is CO/N=C1/C[C@@H](c2nc(CCO)no2)N(C(=O)c2ccc(-c3ccccc3)cc2)C1. The second-order valence-electron chi connectivity index (χ2n) is 6.96. The van der Waals surface area contributed by atoms with Crippen LogP contribution in [0.25, 0.3) is 11.1 Å². The number of nitrogens with zero attached hydrogens (tertiary/aromatic N) is 4. The van der Waals surface area contributed by atoms with Gasteiger partial charge in [0.1, 0.15) is 13.2 Å². The molecule has 0 unspecified atom stereocenters. The van der Waals surface area contributed by atoms with Gasteiger partial charge in [0.15, 0.2) is 5.82 Å². The lowest BCUT2D eigenvalue weighted by molar-refractivity contribution is 0.0713. The molecular formula is C22H22N4O4. The average molecular weight is 406 g/mol. The van der Waals surface area contributed by atoms with Crippen LogP contribution in [0.4, 0.5) is 0 Å².